The van der Waals surface area contributed by atoms with Crippen LogP contribution < -0.4 is 4.74 Å². The lowest BCUT2D eigenvalue weighted by atomic mass is 9.91. The van der Waals surface area contributed by atoms with E-state index in [4.69, 9.17) is 42.5 Å². The van der Waals surface area contributed by atoms with Crippen LogP contribution in [0.4, 0.5) is 0 Å². The van der Waals surface area contributed by atoms with Crippen LogP contribution in [0.3, 0.4) is 0 Å². The van der Waals surface area contributed by atoms with Crippen LogP contribution in [0.5, 0.6) is 11.5 Å². The van der Waals surface area contributed by atoms with Gasteiger partial charge in [-0.3, -0.25) is 4.79 Å². The molecule has 2 heterocycles. The Morgan fingerprint density at radius 3 is 2.76 bits per heavy atom. The molecule has 3 atom stereocenters. The lowest BCUT2D eigenvalue weighted by Crippen LogP contribution is -2.38. The smallest absolute Gasteiger partial charge is 0.303 e. The standard InChI is InChI=1S/C25H24Cl2O6/c26-16-10-11-21-18(12-16)23(27)19(14-31-21)25-32-13-15(6-2-1-3-9-22(29)30)24(33-25)17-7-4-5-8-20(17)28/h1-2,4-5,7-8,10-12,15,24-25,28H,3,6,9,13-14H2,(H,29,30)/b2-1-/t15-,24+,25+/m1/s1. The van der Waals surface area contributed by atoms with Crippen LogP contribution in [0.2, 0.25) is 5.02 Å². The van der Waals surface area contributed by atoms with Crippen molar-refractivity contribution in [2.24, 2.45) is 5.92 Å². The largest absolute Gasteiger partial charge is 0.508 e. The van der Waals surface area contributed by atoms with Gasteiger partial charge >= 0.3 is 5.97 Å². The number of para-hydroxylation sites is 1. The van der Waals surface area contributed by atoms with Gasteiger partial charge in [-0.15, -0.1) is 0 Å². The molecule has 2 aromatic carbocycles. The molecule has 0 radical (unpaired) electrons. The molecule has 2 aliphatic heterocycles. The van der Waals surface area contributed by atoms with Crippen LogP contribution in [-0.2, 0) is 14.3 Å². The van der Waals surface area contributed by atoms with Gasteiger partial charge in [0.05, 0.1) is 17.7 Å². The monoisotopic (exact) mass is 490 g/mol. The Morgan fingerprint density at radius 2 is 1.97 bits per heavy atom. The molecule has 0 amide bonds. The van der Waals surface area contributed by atoms with Gasteiger partial charge in [0, 0.05) is 34.1 Å². The van der Waals surface area contributed by atoms with E-state index >= 15 is 0 Å². The number of fused-ring (bicyclic) bond motifs is 1. The van der Waals surface area contributed by atoms with Gasteiger partial charge in [0.2, 0.25) is 0 Å². The molecule has 0 aliphatic carbocycles. The summed E-state index contributed by atoms with van der Waals surface area (Å²) in [6.07, 6.45) is 3.71. The number of phenols is 1. The lowest BCUT2D eigenvalue weighted by Gasteiger charge is -2.38. The molecule has 0 bridgehead atoms. The van der Waals surface area contributed by atoms with Crippen LogP contribution in [0.25, 0.3) is 5.03 Å². The third-order valence-electron chi connectivity index (χ3n) is 5.66. The summed E-state index contributed by atoms with van der Waals surface area (Å²) in [4.78, 5) is 10.7. The van der Waals surface area contributed by atoms with Crippen molar-refractivity contribution in [3.63, 3.8) is 0 Å². The summed E-state index contributed by atoms with van der Waals surface area (Å²) in [5, 5.41) is 20.3. The van der Waals surface area contributed by atoms with Gasteiger partial charge in [0.15, 0.2) is 6.29 Å². The number of carboxylic acid groups (broad SMARTS) is 1. The number of carboxylic acids is 1. The van der Waals surface area contributed by atoms with Gasteiger partial charge in [0.25, 0.3) is 0 Å². The highest BCUT2D eigenvalue weighted by Crippen LogP contribution is 2.44. The highest BCUT2D eigenvalue weighted by Gasteiger charge is 2.37. The van der Waals surface area contributed by atoms with Crippen LogP contribution >= 0.6 is 23.2 Å². The van der Waals surface area contributed by atoms with Crippen molar-refractivity contribution in [1.82, 2.24) is 0 Å². The minimum atomic E-state index is -0.832. The Labute approximate surface area is 202 Å². The van der Waals surface area contributed by atoms with E-state index in [0.717, 1.165) is 0 Å². The molecule has 0 aromatic heterocycles. The first-order valence-corrected chi connectivity index (χ1v) is 11.4. The quantitative estimate of drug-likeness (QED) is 0.467. The molecule has 33 heavy (non-hydrogen) atoms. The zero-order chi connectivity index (χ0) is 23.4. The molecule has 0 saturated carbocycles. The summed E-state index contributed by atoms with van der Waals surface area (Å²) in [6.45, 7) is 0.578. The van der Waals surface area contributed by atoms with Crippen LogP contribution in [0, 0.1) is 5.92 Å². The second kappa shape index (κ2) is 10.6. The molecule has 2 N–H and O–H groups in total. The van der Waals surface area contributed by atoms with E-state index in [-0.39, 0.29) is 24.7 Å². The topological polar surface area (TPSA) is 85.2 Å². The summed E-state index contributed by atoms with van der Waals surface area (Å²) in [7, 11) is 0. The van der Waals surface area contributed by atoms with Gasteiger partial charge in [-0.1, -0.05) is 53.6 Å². The number of rotatable bonds is 7. The fourth-order valence-corrected chi connectivity index (χ4v) is 4.43. The SMILES string of the molecule is O=C(O)CC/C=C\C[C@@H]1CO[C@H](C2=C(Cl)c3cc(Cl)ccc3OC2)O[C@@H]1c1ccccc1O. The Morgan fingerprint density at radius 1 is 1.15 bits per heavy atom. The third kappa shape index (κ3) is 5.53. The van der Waals surface area contributed by atoms with Crippen molar-refractivity contribution in [1.29, 1.82) is 0 Å². The second-order valence-electron chi connectivity index (χ2n) is 7.95. The zero-order valence-corrected chi connectivity index (χ0v) is 19.3. The summed E-state index contributed by atoms with van der Waals surface area (Å²) in [5.41, 5.74) is 1.99. The van der Waals surface area contributed by atoms with Gasteiger partial charge in [-0.05, 0) is 37.1 Å². The lowest BCUT2D eigenvalue weighted by molar-refractivity contribution is -0.222. The zero-order valence-electron chi connectivity index (χ0n) is 17.7. The molecule has 0 unspecified atom stereocenters. The van der Waals surface area contributed by atoms with E-state index in [0.29, 0.717) is 52.0 Å². The maximum atomic E-state index is 10.7. The molecule has 1 saturated heterocycles. The normalized spacial score (nSPS) is 22.8. The fourth-order valence-electron chi connectivity index (χ4n) is 3.97. The maximum Gasteiger partial charge on any atom is 0.303 e. The van der Waals surface area contributed by atoms with Crippen molar-refractivity contribution >= 4 is 34.2 Å². The number of carbonyl (C=O) groups is 1. The molecule has 6 nitrogen and oxygen atoms in total. The Bertz CT molecular complexity index is 1080. The highest BCUT2D eigenvalue weighted by atomic mass is 35.5. The summed E-state index contributed by atoms with van der Waals surface area (Å²) in [6, 6.07) is 12.3. The van der Waals surface area contributed by atoms with Crippen molar-refractivity contribution < 1.29 is 29.2 Å². The molecule has 174 valence electrons. The number of hydrogen-bond donors (Lipinski definition) is 2. The number of hydrogen-bond acceptors (Lipinski definition) is 5. The predicted molar refractivity (Wildman–Crippen MR) is 126 cm³/mol. The minimum Gasteiger partial charge on any atom is -0.508 e. The molecular formula is C25H24Cl2O6. The van der Waals surface area contributed by atoms with E-state index in [1.54, 1.807) is 30.3 Å². The van der Waals surface area contributed by atoms with Crippen molar-refractivity contribution in [2.75, 3.05) is 13.2 Å². The summed E-state index contributed by atoms with van der Waals surface area (Å²) in [5.74, 6) is -0.131. The van der Waals surface area contributed by atoms with Crippen molar-refractivity contribution in [3.05, 3.63) is 76.3 Å². The molecule has 8 heteroatoms. The Hall–Kier alpha value is -2.51. The van der Waals surface area contributed by atoms with E-state index in [2.05, 4.69) is 0 Å². The number of halogens is 2. The van der Waals surface area contributed by atoms with Gasteiger partial charge < -0.3 is 24.4 Å². The second-order valence-corrected chi connectivity index (χ2v) is 8.76. The molecule has 1 fully saturated rings. The average Bonchev–Trinajstić information content (AvgIpc) is 2.80. The maximum absolute atomic E-state index is 10.7. The molecule has 2 aliphatic rings. The average molecular weight is 491 g/mol. The van der Waals surface area contributed by atoms with Gasteiger partial charge in [-0.25, -0.2) is 0 Å². The fraction of sp³-hybridized carbons (Fsp3) is 0.320. The minimum absolute atomic E-state index is 0.0806. The first kappa shape index (κ1) is 23.6. The Kier molecular flexibility index (Phi) is 7.60. The number of aliphatic carboxylic acids is 1. The first-order chi connectivity index (χ1) is 15.9. The van der Waals surface area contributed by atoms with E-state index in [1.807, 2.05) is 24.3 Å². The van der Waals surface area contributed by atoms with Crippen molar-refractivity contribution in [3.8, 4) is 11.5 Å². The highest BCUT2D eigenvalue weighted by molar-refractivity contribution is 6.50. The molecule has 0 spiro atoms. The number of allylic oxidation sites excluding steroid dienone is 2. The number of benzene rings is 2. The predicted octanol–water partition coefficient (Wildman–Crippen LogP) is 5.93. The molecule has 4 rings (SSSR count). The number of phenolic OH excluding ortho intramolecular Hbond substituents is 1. The van der Waals surface area contributed by atoms with E-state index in [9.17, 15) is 9.90 Å². The van der Waals surface area contributed by atoms with Crippen LogP contribution in [-0.4, -0.2) is 35.7 Å². The first-order valence-electron chi connectivity index (χ1n) is 10.7. The number of ether oxygens (including phenoxy) is 3. The van der Waals surface area contributed by atoms with Crippen molar-refractivity contribution in [2.45, 2.75) is 31.7 Å². The van der Waals surface area contributed by atoms with Crippen LogP contribution in [0.15, 0.2) is 60.2 Å². The van der Waals surface area contributed by atoms with E-state index < -0.39 is 18.4 Å². The molecule has 2 aromatic rings. The van der Waals surface area contributed by atoms with E-state index in [1.165, 1.54) is 0 Å². The third-order valence-corrected chi connectivity index (χ3v) is 6.34. The molecular weight excluding hydrogens is 467 g/mol. The number of aromatic hydroxyl groups is 1. The van der Waals surface area contributed by atoms with Gasteiger partial charge in [0.1, 0.15) is 18.1 Å². The Balaban J connectivity index is 1.57. The van der Waals surface area contributed by atoms with Gasteiger partial charge in [-0.2, -0.15) is 0 Å². The van der Waals surface area contributed by atoms with Crippen LogP contribution in [0.1, 0.15) is 36.5 Å². The summed E-state index contributed by atoms with van der Waals surface area (Å²) >= 11 is 12.8. The summed E-state index contributed by atoms with van der Waals surface area (Å²) < 4.78 is 18.2.